The van der Waals surface area contributed by atoms with Crippen LogP contribution < -0.4 is 0 Å². The Morgan fingerprint density at radius 3 is 2.52 bits per heavy atom. The molecule has 124 valence electrons. The Morgan fingerprint density at radius 1 is 1.30 bits per heavy atom. The summed E-state index contributed by atoms with van der Waals surface area (Å²) in [6.45, 7) is 5.51. The molecule has 0 saturated carbocycles. The van der Waals surface area contributed by atoms with E-state index in [0.717, 1.165) is 18.4 Å². The summed E-state index contributed by atoms with van der Waals surface area (Å²) in [5.41, 5.74) is 1.43. The van der Waals surface area contributed by atoms with Crippen LogP contribution in [0.3, 0.4) is 0 Å². The number of benzene rings is 1. The highest BCUT2D eigenvalue weighted by atomic mass is 32.2. The molecule has 1 aliphatic heterocycles. The lowest BCUT2D eigenvalue weighted by Gasteiger charge is -2.26. The fraction of sp³-hybridized carbons (Fsp3) is 0.471. The van der Waals surface area contributed by atoms with Crippen LogP contribution in [0, 0.1) is 17.2 Å². The Hall–Kier alpha value is -1.68. The van der Waals surface area contributed by atoms with Crippen molar-refractivity contribution in [3.05, 3.63) is 48.0 Å². The molecule has 1 aromatic carbocycles. The van der Waals surface area contributed by atoms with Crippen LogP contribution in [0.4, 0.5) is 0 Å². The van der Waals surface area contributed by atoms with Gasteiger partial charge in [0, 0.05) is 26.3 Å². The summed E-state index contributed by atoms with van der Waals surface area (Å²) in [5, 5.41) is 8.83. The molecule has 6 heteroatoms. The maximum Gasteiger partial charge on any atom is 0.214 e. The van der Waals surface area contributed by atoms with Gasteiger partial charge in [-0.05, 0) is 36.5 Å². The van der Waals surface area contributed by atoms with Crippen molar-refractivity contribution in [3.63, 3.8) is 0 Å². The zero-order chi connectivity index (χ0) is 16.7. The molecule has 0 spiro atoms. The van der Waals surface area contributed by atoms with E-state index in [-0.39, 0.29) is 18.2 Å². The largest absolute Gasteiger partial charge is 0.381 e. The molecule has 1 fully saturated rings. The second kappa shape index (κ2) is 8.25. The Kier molecular flexibility index (Phi) is 6.34. The number of hydrogen-bond donors (Lipinski definition) is 0. The van der Waals surface area contributed by atoms with E-state index in [0.29, 0.717) is 25.3 Å². The van der Waals surface area contributed by atoms with Crippen molar-refractivity contribution in [2.75, 3.05) is 25.5 Å². The first-order valence-electron chi connectivity index (χ1n) is 7.70. The van der Waals surface area contributed by atoms with Crippen molar-refractivity contribution in [2.45, 2.75) is 19.4 Å². The molecule has 23 heavy (non-hydrogen) atoms. The lowest BCUT2D eigenvalue weighted by atomic mass is 10.0. The van der Waals surface area contributed by atoms with E-state index < -0.39 is 10.0 Å². The van der Waals surface area contributed by atoms with E-state index in [2.05, 4.69) is 12.6 Å². The van der Waals surface area contributed by atoms with Gasteiger partial charge in [0.15, 0.2) is 0 Å². The number of hydrogen-bond acceptors (Lipinski definition) is 4. The van der Waals surface area contributed by atoms with Crippen LogP contribution in [0.15, 0.2) is 36.9 Å². The van der Waals surface area contributed by atoms with Crippen molar-refractivity contribution in [3.8, 4) is 6.07 Å². The third-order valence-corrected chi connectivity index (χ3v) is 5.91. The minimum absolute atomic E-state index is 0.153. The summed E-state index contributed by atoms with van der Waals surface area (Å²) in [6, 6.07) is 9.04. The summed E-state index contributed by atoms with van der Waals surface area (Å²) in [5.74, 6) is 0.308. The zero-order valence-electron chi connectivity index (χ0n) is 13.1. The van der Waals surface area contributed by atoms with E-state index in [1.165, 1.54) is 4.31 Å². The topological polar surface area (TPSA) is 70.4 Å². The van der Waals surface area contributed by atoms with E-state index in [9.17, 15) is 8.42 Å². The highest BCUT2D eigenvalue weighted by Crippen LogP contribution is 2.20. The molecule has 0 N–H and O–H groups in total. The Balaban J connectivity index is 2.08. The summed E-state index contributed by atoms with van der Waals surface area (Å²) in [7, 11) is -3.36. The fourth-order valence-electron chi connectivity index (χ4n) is 2.63. The minimum Gasteiger partial charge on any atom is -0.381 e. The van der Waals surface area contributed by atoms with E-state index in [1.807, 2.05) is 0 Å². The third kappa shape index (κ3) is 5.17. The van der Waals surface area contributed by atoms with Crippen molar-refractivity contribution in [2.24, 2.45) is 5.92 Å². The molecule has 1 aliphatic rings. The molecule has 0 bridgehead atoms. The molecular formula is C17H22N2O3S. The molecule has 0 radical (unpaired) electrons. The average molecular weight is 334 g/mol. The zero-order valence-corrected chi connectivity index (χ0v) is 14.0. The molecule has 2 rings (SSSR count). The van der Waals surface area contributed by atoms with Crippen LogP contribution >= 0.6 is 0 Å². The lowest BCUT2D eigenvalue weighted by Crippen LogP contribution is -2.36. The Morgan fingerprint density at radius 2 is 1.96 bits per heavy atom. The molecular weight excluding hydrogens is 312 g/mol. The van der Waals surface area contributed by atoms with Crippen LogP contribution in [0.5, 0.6) is 0 Å². The van der Waals surface area contributed by atoms with Gasteiger partial charge in [-0.2, -0.15) is 9.57 Å². The summed E-state index contributed by atoms with van der Waals surface area (Å²) < 4.78 is 32.1. The van der Waals surface area contributed by atoms with Gasteiger partial charge in [0.1, 0.15) is 0 Å². The average Bonchev–Trinajstić information content (AvgIpc) is 2.55. The molecule has 0 amide bonds. The molecule has 5 nitrogen and oxygen atoms in total. The number of sulfonamides is 1. The second-order valence-corrected chi connectivity index (χ2v) is 7.74. The SMILES string of the molecule is C=CCN(Cc1ccc(C#N)cc1)S(=O)(=O)CC1CCOCC1. The summed E-state index contributed by atoms with van der Waals surface area (Å²) in [4.78, 5) is 0. The van der Waals surface area contributed by atoms with Gasteiger partial charge in [-0.15, -0.1) is 6.58 Å². The first-order chi connectivity index (χ1) is 11.0. The van der Waals surface area contributed by atoms with Crippen molar-refractivity contribution < 1.29 is 13.2 Å². The molecule has 0 aliphatic carbocycles. The highest BCUT2D eigenvalue weighted by Gasteiger charge is 2.27. The third-order valence-electron chi connectivity index (χ3n) is 3.96. The second-order valence-electron chi connectivity index (χ2n) is 5.72. The highest BCUT2D eigenvalue weighted by molar-refractivity contribution is 7.89. The van der Waals surface area contributed by atoms with Gasteiger partial charge in [-0.3, -0.25) is 0 Å². The number of ether oxygens (including phenoxy) is 1. The first-order valence-corrected chi connectivity index (χ1v) is 9.31. The molecule has 1 heterocycles. The van der Waals surface area contributed by atoms with Gasteiger partial charge in [-0.25, -0.2) is 8.42 Å². The summed E-state index contributed by atoms with van der Waals surface area (Å²) in [6.07, 6.45) is 3.18. The first kappa shape index (κ1) is 17.7. The van der Waals surface area contributed by atoms with Gasteiger partial charge in [0.25, 0.3) is 0 Å². The van der Waals surface area contributed by atoms with Crippen molar-refractivity contribution in [1.29, 1.82) is 5.26 Å². The quantitative estimate of drug-likeness (QED) is 0.717. The van der Waals surface area contributed by atoms with Gasteiger partial charge in [-0.1, -0.05) is 18.2 Å². The minimum atomic E-state index is -3.36. The smallest absolute Gasteiger partial charge is 0.214 e. The van der Waals surface area contributed by atoms with E-state index in [1.54, 1.807) is 30.3 Å². The molecule has 0 atom stereocenters. The standard InChI is InChI=1S/C17H22N2O3S/c1-2-9-19(13-16-5-3-15(12-18)4-6-16)23(20,21)14-17-7-10-22-11-8-17/h2-6,17H,1,7-11,13-14H2. The molecule has 1 saturated heterocycles. The predicted octanol–water partition coefficient (Wildman–Crippen LogP) is 2.30. The van der Waals surface area contributed by atoms with Crippen LogP contribution in [-0.2, 0) is 21.3 Å². The van der Waals surface area contributed by atoms with Crippen LogP contribution in [0.25, 0.3) is 0 Å². The molecule has 1 aromatic rings. The Bertz CT molecular complexity index is 656. The van der Waals surface area contributed by atoms with E-state index >= 15 is 0 Å². The van der Waals surface area contributed by atoms with E-state index in [4.69, 9.17) is 10.00 Å². The van der Waals surface area contributed by atoms with Crippen LogP contribution in [0.1, 0.15) is 24.0 Å². The fourth-order valence-corrected chi connectivity index (χ4v) is 4.44. The van der Waals surface area contributed by atoms with Gasteiger partial charge >= 0.3 is 0 Å². The molecule has 0 unspecified atom stereocenters. The van der Waals surface area contributed by atoms with Gasteiger partial charge < -0.3 is 4.74 Å². The maximum atomic E-state index is 12.7. The maximum absolute atomic E-state index is 12.7. The molecule has 0 aromatic heterocycles. The predicted molar refractivity (Wildman–Crippen MR) is 89.1 cm³/mol. The normalized spacial score (nSPS) is 16.2. The van der Waals surface area contributed by atoms with Crippen molar-refractivity contribution in [1.82, 2.24) is 4.31 Å². The summed E-state index contributed by atoms with van der Waals surface area (Å²) >= 11 is 0. The van der Waals surface area contributed by atoms with Gasteiger partial charge in [0.05, 0.1) is 17.4 Å². The van der Waals surface area contributed by atoms with Crippen LogP contribution in [-0.4, -0.2) is 38.2 Å². The number of nitrogens with zero attached hydrogens (tertiary/aromatic N) is 2. The number of rotatable bonds is 7. The lowest BCUT2D eigenvalue weighted by molar-refractivity contribution is 0.0720. The van der Waals surface area contributed by atoms with Crippen molar-refractivity contribution >= 4 is 10.0 Å². The van der Waals surface area contributed by atoms with Gasteiger partial charge in [0.2, 0.25) is 10.0 Å². The van der Waals surface area contributed by atoms with Crippen LogP contribution in [0.2, 0.25) is 0 Å². The number of nitriles is 1. The monoisotopic (exact) mass is 334 g/mol. The Labute approximate surface area is 138 Å².